The molecule has 0 saturated heterocycles. The predicted molar refractivity (Wildman–Crippen MR) is 132 cm³/mol. The highest BCUT2D eigenvalue weighted by atomic mass is 32.1. The third-order valence-corrected chi connectivity index (χ3v) is 7.68. The highest BCUT2D eigenvalue weighted by Gasteiger charge is 2.16. The van der Waals surface area contributed by atoms with Gasteiger partial charge in [-0.05, 0) is 31.0 Å². The van der Waals surface area contributed by atoms with Crippen LogP contribution in [0.3, 0.4) is 0 Å². The minimum absolute atomic E-state index is 0.330. The van der Waals surface area contributed by atoms with Gasteiger partial charge in [0.2, 0.25) is 0 Å². The lowest BCUT2D eigenvalue weighted by Crippen LogP contribution is -2.22. The maximum absolute atomic E-state index is 12.0. The van der Waals surface area contributed by atoms with E-state index in [4.69, 9.17) is 9.47 Å². The maximum atomic E-state index is 12.0. The summed E-state index contributed by atoms with van der Waals surface area (Å²) in [5.74, 6) is -0.330. The van der Waals surface area contributed by atoms with Crippen LogP contribution in [0.5, 0.6) is 0 Å². The molecule has 0 aliphatic heterocycles. The zero-order chi connectivity index (χ0) is 23.1. The maximum Gasteiger partial charge on any atom is 0.331 e. The fraction of sp³-hybridized carbons (Fsp3) is 0.478. The number of esters is 1. The van der Waals surface area contributed by atoms with E-state index in [0.717, 1.165) is 57.7 Å². The Hall–Kier alpha value is -2.36. The average molecular weight is 473 g/mol. The molecule has 0 aliphatic carbocycles. The van der Waals surface area contributed by atoms with Gasteiger partial charge in [-0.3, -0.25) is 0 Å². The van der Waals surface area contributed by atoms with Gasteiger partial charge in [0, 0.05) is 38.5 Å². The first-order chi connectivity index (χ1) is 15.3. The van der Waals surface area contributed by atoms with Gasteiger partial charge >= 0.3 is 5.97 Å². The first-order valence-electron chi connectivity index (χ1n) is 11.0. The largest absolute Gasteiger partial charge is 0.463 e. The number of rotatable bonds is 11. The summed E-state index contributed by atoms with van der Waals surface area (Å²) in [4.78, 5) is 26.5. The molecule has 9 heteroatoms. The van der Waals surface area contributed by atoms with Crippen molar-refractivity contribution in [2.45, 2.75) is 59.1 Å². The van der Waals surface area contributed by atoms with Crippen LogP contribution in [0.4, 0.5) is 0 Å². The fourth-order valence-electron chi connectivity index (χ4n) is 3.21. The second-order valence-corrected chi connectivity index (χ2v) is 15.4. The molecule has 0 fully saturated rings. The molecule has 3 aromatic rings. The smallest absolute Gasteiger partial charge is 0.331 e. The molecule has 0 radical (unpaired) electrons. The zero-order valence-electron chi connectivity index (χ0n) is 19.6. The van der Waals surface area contributed by atoms with Crippen LogP contribution in [0.2, 0.25) is 25.7 Å². The number of aromatic nitrogens is 4. The van der Waals surface area contributed by atoms with Gasteiger partial charge in [-0.15, -0.1) is 11.3 Å². The number of carbonyl (C=O) groups is 1. The van der Waals surface area contributed by atoms with Crippen LogP contribution < -0.4 is 0 Å². The molecular formula is C23H32N4O3SSi. The third kappa shape index (κ3) is 6.33. The molecule has 0 bridgehead atoms. The summed E-state index contributed by atoms with van der Waals surface area (Å²) in [5, 5.41) is 1.78. The Kier molecular flexibility index (Phi) is 8.33. The van der Waals surface area contributed by atoms with Crippen LogP contribution in [0.1, 0.15) is 31.7 Å². The van der Waals surface area contributed by atoms with Gasteiger partial charge in [0.25, 0.3) is 0 Å². The van der Waals surface area contributed by atoms with Gasteiger partial charge in [0.1, 0.15) is 23.7 Å². The Morgan fingerprint density at radius 2 is 2.03 bits per heavy atom. The van der Waals surface area contributed by atoms with Crippen molar-refractivity contribution in [1.82, 2.24) is 19.5 Å². The summed E-state index contributed by atoms with van der Waals surface area (Å²) in [6, 6.07) is 3.16. The van der Waals surface area contributed by atoms with Crippen LogP contribution in [0.15, 0.2) is 30.9 Å². The Morgan fingerprint density at radius 3 is 2.75 bits per heavy atom. The quantitative estimate of drug-likeness (QED) is 0.156. The number of nitrogens with zero attached hydrogens (tertiary/aromatic N) is 4. The van der Waals surface area contributed by atoms with E-state index in [1.807, 2.05) is 23.0 Å². The number of thiazole rings is 1. The Labute approximate surface area is 194 Å². The van der Waals surface area contributed by atoms with E-state index in [-0.39, 0.29) is 5.97 Å². The normalized spacial score (nSPS) is 12.5. The Balaban J connectivity index is 1.82. The van der Waals surface area contributed by atoms with Crippen molar-refractivity contribution in [2.24, 2.45) is 0 Å². The van der Waals surface area contributed by atoms with Crippen LogP contribution in [0.25, 0.3) is 27.2 Å². The van der Waals surface area contributed by atoms with Crippen molar-refractivity contribution in [2.75, 3.05) is 13.2 Å². The monoisotopic (exact) mass is 472 g/mol. The van der Waals surface area contributed by atoms with Gasteiger partial charge in [0.15, 0.2) is 0 Å². The standard InChI is InChI=1S/C23H32N4O3SSi/c1-6-8-17(13-20(28)30-7-2)23-24-14-19(31-23)21-18-9-10-27(22(18)26-15-25-21)16-29-11-12-32(3,4)5/h9-10,13-15H,6-8,11-12,16H2,1-5H3/b17-13-. The lowest BCUT2D eigenvalue weighted by atomic mass is 10.1. The number of allylic oxidation sites excluding steroid dienone is 1. The third-order valence-electron chi connectivity index (χ3n) is 4.89. The number of hydrogen-bond acceptors (Lipinski definition) is 7. The van der Waals surface area contributed by atoms with Crippen LogP contribution in [0, 0.1) is 0 Å². The number of hydrogen-bond donors (Lipinski definition) is 0. The van der Waals surface area contributed by atoms with Gasteiger partial charge in [-0.25, -0.2) is 19.7 Å². The second kappa shape index (κ2) is 11.0. The lowest BCUT2D eigenvalue weighted by molar-refractivity contribution is -0.137. The molecule has 32 heavy (non-hydrogen) atoms. The highest BCUT2D eigenvalue weighted by Crippen LogP contribution is 2.34. The van der Waals surface area contributed by atoms with Crippen LogP contribution in [-0.4, -0.2) is 46.8 Å². The zero-order valence-corrected chi connectivity index (χ0v) is 21.4. The fourth-order valence-corrected chi connectivity index (χ4v) is 4.94. The van der Waals surface area contributed by atoms with Gasteiger partial charge in [0.05, 0.1) is 17.2 Å². The molecule has 172 valence electrons. The van der Waals surface area contributed by atoms with Crippen LogP contribution in [-0.2, 0) is 21.0 Å². The van der Waals surface area contributed by atoms with Crippen molar-refractivity contribution in [3.63, 3.8) is 0 Å². The minimum Gasteiger partial charge on any atom is -0.463 e. The van der Waals surface area contributed by atoms with Crippen molar-refractivity contribution in [3.05, 3.63) is 35.9 Å². The summed E-state index contributed by atoms with van der Waals surface area (Å²) in [7, 11) is -1.11. The molecule has 0 saturated carbocycles. The van der Waals surface area contributed by atoms with Crippen molar-refractivity contribution < 1.29 is 14.3 Å². The molecule has 0 unspecified atom stereocenters. The van der Waals surface area contributed by atoms with Crippen molar-refractivity contribution in [1.29, 1.82) is 0 Å². The molecule has 0 aliphatic rings. The van der Waals surface area contributed by atoms with E-state index in [0.29, 0.717) is 13.3 Å². The molecule has 3 aromatic heterocycles. The number of carbonyl (C=O) groups excluding carboxylic acids is 1. The van der Waals surface area contributed by atoms with E-state index in [2.05, 4.69) is 41.5 Å². The second-order valence-electron chi connectivity index (χ2n) is 8.79. The molecule has 0 amide bonds. The number of ether oxygens (including phenoxy) is 2. The molecule has 3 heterocycles. The van der Waals surface area contributed by atoms with E-state index in [1.165, 1.54) is 11.3 Å². The number of fused-ring (bicyclic) bond motifs is 1. The molecule has 0 atom stereocenters. The molecule has 0 aromatic carbocycles. The SMILES string of the molecule is CCC/C(=C/C(=O)OCC)c1ncc(-c2ncnc3c2ccn3COCC[Si](C)(C)C)s1. The van der Waals surface area contributed by atoms with E-state index in [1.54, 1.807) is 19.3 Å². The summed E-state index contributed by atoms with van der Waals surface area (Å²) in [6.07, 6.45) is 8.62. The molecule has 0 spiro atoms. The molecular weight excluding hydrogens is 440 g/mol. The average Bonchev–Trinajstić information content (AvgIpc) is 3.38. The highest BCUT2D eigenvalue weighted by molar-refractivity contribution is 7.16. The first kappa shape index (κ1) is 24.3. The summed E-state index contributed by atoms with van der Waals surface area (Å²) < 4.78 is 13.0. The Bertz CT molecular complexity index is 1080. The van der Waals surface area contributed by atoms with Crippen molar-refractivity contribution >= 4 is 42.0 Å². The predicted octanol–water partition coefficient (Wildman–Crippen LogP) is 5.61. The molecule has 0 N–H and O–H groups in total. The van der Waals surface area contributed by atoms with Gasteiger partial charge < -0.3 is 14.0 Å². The summed E-state index contributed by atoms with van der Waals surface area (Å²) in [5.41, 5.74) is 2.57. The Morgan fingerprint density at radius 1 is 1.22 bits per heavy atom. The van der Waals surface area contributed by atoms with Gasteiger partial charge in [-0.2, -0.15) is 0 Å². The van der Waals surface area contributed by atoms with Crippen LogP contribution >= 0.6 is 11.3 Å². The topological polar surface area (TPSA) is 79.1 Å². The molecule has 7 nitrogen and oxygen atoms in total. The summed E-state index contributed by atoms with van der Waals surface area (Å²) in [6.45, 7) is 12.5. The van der Waals surface area contributed by atoms with Crippen molar-refractivity contribution in [3.8, 4) is 10.6 Å². The molecule has 3 rings (SSSR count). The minimum atomic E-state index is -1.11. The first-order valence-corrected chi connectivity index (χ1v) is 15.6. The van der Waals surface area contributed by atoms with Gasteiger partial charge in [-0.1, -0.05) is 33.0 Å². The lowest BCUT2D eigenvalue weighted by Gasteiger charge is -2.15. The van der Waals surface area contributed by atoms with E-state index in [9.17, 15) is 4.79 Å². The van der Waals surface area contributed by atoms with E-state index < -0.39 is 8.07 Å². The van der Waals surface area contributed by atoms with E-state index >= 15 is 0 Å². The summed E-state index contributed by atoms with van der Waals surface area (Å²) >= 11 is 1.53.